The molecule has 7 nitrogen and oxygen atoms in total. The van der Waals surface area contributed by atoms with Gasteiger partial charge in [0.25, 0.3) is 0 Å². The van der Waals surface area contributed by atoms with Gasteiger partial charge in [-0.25, -0.2) is 4.79 Å². The van der Waals surface area contributed by atoms with Crippen molar-refractivity contribution in [2.24, 2.45) is 0 Å². The average Bonchev–Trinajstić information content (AvgIpc) is 2.81. The van der Waals surface area contributed by atoms with Gasteiger partial charge in [0.15, 0.2) is 24.3 Å². The lowest BCUT2D eigenvalue weighted by Gasteiger charge is -2.12. The average molecular weight is 330 g/mol. The van der Waals surface area contributed by atoms with E-state index in [1.165, 1.54) is 38.4 Å². The SMILES string of the molecule is CC(=O)c1c(C)[nH]c(C(=O)[C@H](C)OC(=O)c2cc[n+]([O-])cc2)c1C. The lowest BCUT2D eigenvalue weighted by molar-refractivity contribution is -0.605. The third-order valence-corrected chi connectivity index (χ3v) is 3.73. The van der Waals surface area contributed by atoms with E-state index in [2.05, 4.69) is 4.98 Å². The molecule has 0 spiro atoms. The first kappa shape index (κ1) is 17.4. The number of aromatic amines is 1. The molecule has 1 atom stereocenters. The maximum Gasteiger partial charge on any atom is 0.339 e. The van der Waals surface area contributed by atoms with E-state index in [1.54, 1.807) is 13.8 Å². The number of H-pyrrole nitrogens is 1. The maximum absolute atomic E-state index is 12.5. The molecule has 2 heterocycles. The molecule has 24 heavy (non-hydrogen) atoms. The fourth-order valence-electron chi connectivity index (χ4n) is 2.56. The van der Waals surface area contributed by atoms with Gasteiger partial charge in [0.2, 0.25) is 5.78 Å². The number of rotatable bonds is 5. The first-order valence-corrected chi connectivity index (χ1v) is 7.36. The van der Waals surface area contributed by atoms with Crippen molar-refractivity contribution >= 4 is 17.5 Å². The van der Waals surface area contributed by atoms with Crippen LogP contribution in [0.2, 0.25) is 0 Å². The minimum atomic E-state index is -1.03. The van der Waals surface area contributed by atoms with Crippen LogP contribution in [0.4, 0.5) is 0 Å². The van der Waals surface area contributed by atoms with Crippen molar-refractivity contribution in [3.8, 4) is 0 Å². The van der Waals surface area contributed by atoms with Crippen molar-refractivity contribution in [1.29, 1.82) is 0 Å². The zero-order valence-corrected chi connectivity index (χ0v) is 13.9. The van der Waals surface area contributed by atoms with Crippen LogP contribution in [0.1, 0.15) is 56.3 Å². The number of ketones is 2. The minimum absolute atomic E-state index is 0.139. The molecule has 2 rings (SSSR count). The number of esters is 1. The quantitative estimate of drug-likeness (QED) is 0.390. The van der Waals surface area contributed by atoms with Crippen LogP contribution in [-0.4, -0.2) is 28.6 Å². The van der Waals surface area contributed by atoms with Crippen molar-refractivity contribution in [1.82, 2.24) is 4.98 Å². The summed E-state index contributed by atoms with van der Waals surface area (Å²) in [6, 6.07) is 2.62. The predicted octanol–water partition coefficient (Wildman–Crippen LogP) is 1.90. The van der Waals surface area contributed by atoms with Crippen LogP contribution < -0.4 is 4.73 Å². The molecule has 2 aromatic rings. The summed E-state index contributed by atoms with van der Waals surface area (Å²) in [4.78, 5) is 39.0. The zero-order chi connectivity index (χ0) is 18.0. The summed E-state index contributed by atoms with van der Waals surface area (Å²) >= 11 is 0. The second-order valence-electron chi connectivity index (χ2n) is 5.54. The van der Waals surface area contributed by atoms with Crippen LogP contribution in [0.15, 0.2) is 24.5 Å². The van der Waals surface area contributed by atoms with Crippen molar-refractivity contribution in [3.05, 3.63) is 57.8 Å². The Bertz CT molecular complexity index is 805. The Hall–Kier alpha value is -2.96. The number of hydrogen-bond acceptors (Lipinski definition) is 5. The van der Waals surface area contributed by atoms with E-state index >= 15 is 0 Å². The number of nitrogens with one attached hydrogen (secondary N) is 1. The molecule has 7 heteroatoms. The fraction of sp³-hybridized carbons (Fsp3) is 0.294. The summed E-state index contributed by atoms with van der Waals surface area (Å²) in [6.45, 7) is 6.27. The molecule has 0 saturated carbocycles. The van der Waals surface area contributed by atoms with Crippen LogP contribution in [0.25, 0.3) is 0 Å². The normalized spacial score (nSPS) is 11.8. The second kappa shape index (κ2) is 6.66. The Kier molecular flexibility index (Phi) is 4.82. The Morgan fingerprint density at radius 1 is 1.21 bits per heavy atom. The van der Waals surface area contributed by atoms with Gasteiger partial charge in [-0.2, -0.15) is 4.73 Å². The number of ether oxygens (including phenoxy) is 1. The van der Waals surface area contributed by atoms with E-state index in [9.17, 15) is 19.6 Å². The van der Waals surface area contributed by atoms with Crippen molar-refractivity contribution in [2.45, 2.75) is 33.8 Å². The first-order chi connectivity index (χ1) is 11.2. The van der Waals surface area contributed by atoms with Crippen molar-refractivity contribution < 1.29 is 23.9 Å². The predicted molar refractivity (Wildman–Crippen MR) is 84.9 cm³/mol. The lowest BCUT2D eigenvalue weighted by Crippen LogP contribution is -2.27. The molecule has 2 aromatic heterocycles. The molecule has 126 valence electrons. The number of nitrogens with zero attached hydrogens (tertiary/aromatic N) is 1. The number of aromatic nitrogens is 2. The Balaban J connectivity index is 2.18. The largest absolute Gasteiger partial charge is 0.619 e. The van der Waals surface area contributed by atoms with Crippen molar-refractivity contribution in [3.63, 3.8) is 0 Å². The smallest absolute Gasteiger partial charge is 0.339 e. The summed E-state index contributed by atoms with van der Waals surface area (Å²) < 4.78 is 5.69. The molecule has 1 N–H and O–H groups in total. The van der Waals surface area contributed by atoms with E-state index in [-0.39, 0.29) is 17.0 Å². The van der Waals surface area contributed by atoms with E-state index in [0.29, 0.717) is 21.6 Å². The molecule has 0 aliphatic heterocycles. The highest BCUT2D eigenvalue weighted by Gasteiger charge is 2.26. The van der Waals surface area contributed by atoms with Gasteiger partial charge in [-0.05, 0) is 33.3 Å². The Morgan fingerprint density at radius 3 is 2.29 bits per heavy atom. The van der Waals surface area contributed by atoms with Crippen LogP contribution in [0.5, 0.6) is 0 Å². The van der Waals surface area contributed by atoms with E-state index in [0.717, 1.165) is 0 Å². The van der Waals surface area contributed by atoms with E-state index in [1.807, 2.05) is 0 Å². The monoisotopic (exact) mass is 330 g/mol. The first-order valence-electron chi connectivity index (χ1n) is 7.36. The van der Waals surface area contributed by atoms with Crippen molar-refractivity contribution in [2.75, 3.05) is 0 Å². The molecular weight excluding hydrogens is 312 g/mol. The molecule has 0 fully saturated rings. The summed E-state index contributed by atoms with van der Waals surface area (Å²) in [7, 11) is 0. The second-order valence-corrected chi connectivity index (χ2v) is 5.54. The molecule has 0 aromatic carbocycles. The lowest BCUT2D eigenvalue weighted by atomic mass is 10.0. The van der Waals surface area contributed by atoms with Gasteiger partial charge in [-0.3, -0.25) is 9.59 Å². The van der Waals surface area contributed by atoms with Crippen LogP contribution in [0.3, 0.4) is 0 Å². The van der Waals surface area contributed by atoms with Gasteiger partial charge in [-0.15, -0.1) is 0 Å². The van der Waals surface area contributed by atoms with E-state index in [4.69, 9.17) is 4.74 Å². The van der Waals surface area contributed by atoms with Gasteiger partial charge in [0.1, 0.15) is 0 Å². The van der Waals surface area contributed by atoms with Gasteiger partial charge in [0.05, 0.1) is 11.3 Å². The number of carbonyl (C=O) groups excluding carboxylic acids is 3. The molecule has 0 saturated heterocycles. The molecule has 0 aliphatic rings. The van der Waals surface area contributed by atoms with Gasteiger partial charge in [0, 0.05) is 23.4 Å². The Labute approximate surface area is 138 Å². The molecule has 0 amide bonds. The molecule has 0 bridgehead atoms. The van der Waals surface area contributed by atoms with E-state index < -0.39 is 17.9 Å². The topological polar surface area (TPSA) is 103 Å². The highest BCUT2D eigenvalue weighted by atomic mass is 16.5. The van der Waals surface area contributed by atoms with Crippen LogP contribution in [-0.2, 0) is 4.74 Å². The molecule has 0 unspecified atom stereocenters. The minimum Gasteiger partial charge on any atom is -0.619 e. The highest BCUT2D eigenvalue weighted by Crippen LogP contribution is 2.20. The maximum atomic E-state index is 12.5. The highest BCUT2D eigenvalue weighted by molar-refractivity contribution is 6.05. The number of aryl methyl sites for hydroxylation is 1. The van der Waals surface area contributed by atoms with Gasteiger partial charge < -0.3 is 14.9 Å². The molecule has 0 aliphatic carbocycles. The number of hydrogen-bond donors (Lipinski definition) is 1. The summed E-state index contributed by atoms with van der Waals surface area (Å²) in [5.41, 5.74) is 2.04. The fourth-order valence-corrected chi connectivity index (χ4v) is 2.56. The standard InChI is InChI=1S/C17H18N2O5/c1-9-14(11(3)20)10(2)18-15(9)16(21)12(4)24-17(22)13-5-7-19(23)8-6-13/h5-8,12,18H,1-4H3/t12-/m0/s1. The van der Waals surface area contributed by atoms with Crippen LogP contribution >= 0.6 is 0 Å². The third kappa shape index (κ3) is 3.34. The zero-order valence-electron chi connectivity index (χ0n) is 13.9. The summed E-state index contributed by atoms with van der Waals surface area (Å²) in [5, 5.41) is 11.0. The summed E-state index contributed by atoms with van der Waals surface area (Å²) in [6.07, 6.45) is 1.30. The third-order valence-electron chi connectivity index (χ3n) is 3.73. The summed E-state index contributed by atoms with van der Waals surface area (Å²) in [5.74, 6) is -1.27. The number of pyridine rings is 1. The van der Waals surface area contributed by atoms with Gasteiger partial charge >= 0.3 is 5.97 Å². The van der Waals surface area contributed by atoms with Gasteiger partial charge in [-0.1, -0.05) is 0 Å². The molecular formula is C17H18N2O5. The van der Waals surface area contributed by atoms with Crippen LogP contribution in [0, 0.1) is 19.1 Å². The molecule has 0 radical (unpaired) electrons. The number of carbonyl (C=O) groups is 3. The number of Topliss-reactive ketones (excluding diaryl/α,β-unsaturated/α-hetero) is 2. The Morgan fingerprint density at radius 2 is 1.79 bits per heavy atom.